The summed E-state index contributed by atoms with van der Waals surface area (Å²) in [5.41, 5.74) is 5.89. The number of hydrazone groups is 1. The Morgan fingerprint density at radius 3 is 2.68 bits per heavy atom. The maximum Gasteiger partial charge on any atom is 0.203 e. The first kappa shape index (κ1) is 15.2. The molecule has 110 valence electrons. The Morgan fingerprint density at radius 1 is 1.14 bits per heavy atom. The number of nitrogens with one attached hydrogen (secondary N) is 1. The third-order valence-corrected chi connectivity index (χ3v) is 4.63. The van der Waals surface area contributed by atoms with Crippen molar-refractivity contribution in [2.75, 3.05) is 5.43 Å². The molecule has 6 heteroatoms. The lowest BCUT2D eigenvalue weighted by atomic mass is 10.2. The van der Waals surface area contributed by atoms with Crippen molar-refractivity contribution in [2.45, 2.75) is 0 Å². The molecule has 3 rings (SSSR count). The summed E-state index contributed by atoms with van der Waals surface area (Å²) in [4.78, 5) is 4.50. The Balaban J connectivity index is 1.70. The van der Waals surface area contributed by atoms with Crippen molar-refractivity contribution in [3.63, 3.8) is 0 Å². The fourth-order valence-electron chi connectivity index (χ4n) is 1.82. The van der Waals surface area contributed by atoms with Crippen LogP contribution in [0.25, 0.3) is 11.3 Å². The predicted octanol–water partition coefficient (Wildman–Crippen LogP) is 5.67. The summed E-state index contributed by atoms with van der Waals surface area (Å²) in [6, 6.07) is 15.5. The number of rotatable bonds is 4. The van der Waals surface area contributed by atoms with E-state index < -0.39 is 0 Å². The van der Waals surface area contributed by atoms with Gasteiger partial charge in [-0.25, -0.2) is 4.98 Å². The molecule has 0 fully saturated rings. The molecular weight excluding hydrogens is 382 g/mol. The molecule has 1 aromatic heterocycles. The summed E-state index contributed by atoms with van der Waals surface area (Å²) < 4.78 is 1.00. The van der Waals surface area contributed by atoms with Crippen LogP contribution in [0.4, 0.5) is 5.13 Å². The molecule has 0 unspecified atom stereocenters. The van der Waals surface area contributed by atoms with Crippen LogP contribution >= 0.6 is 38.9 Å². The standard InChI is InChI=1S/C16H11BrClN3S/c17-14-4-2-1-3-12(14)9-19-21-16-20-15(10-22-16)11-5-7-13(18)8-6-11/h1-10H,(H,20,21). The SMILES string of the molecule is Clc1ccc(-c2csc(NN=Cc3ccccc3Br)n2)cc1. The first-order valence-corrected chi connectivity index (χ1v) is 8.52. The molecule has 0 spiro atoms. The van der Waals surface area contributed by atoms with Gasteiger partial charge in [0, 0.05) is 26.0 Å². The largest absolute Gasteiger partial charge is 0.253 e. The van der Waals surface area contributed by atoms with Gasteiger partial charge in [0.25, 0.3) is 0 Å². The molecule has 0 saturated carbocycles. The van der Waals surface area contributed by atoms with E-state index in [0.29, 0.717) is 0 Å². The zero-order valence-electron chi connectivity index (χ0n) is 11.3. The lowest BCUT2D eigenvalue weighted by Crippen LogP contribution is -1.90. The first-order valence-electron chi connectivity index (χ1n) is 6.47. The Morgan fingerprint density at radius 2 is 1.91 bits per heavy atom. The van der Waals surface area contributed by atoms with Gasteiger partial charge in [-0.3, -0.25) is 5.43 Å². The van der Waals surface area contributed by atoms with E-state index in [1.807, 2.05) is 53.9 Å². The number of benzene rings is 2. The maximum absolute atomic E-state index is 5.89. The normalized spacial score (nSPS) is 11.0. The Hall–Kier alpha value is -1.69. The summed E-state index contributed by atoms with van der Waals surface area (Å²) >= 11 is 10.9. The number of halogens is 2. The van der Waals surface area contributed by atoms with Gasteiger partial charge in [0.1, 0.15) is 0 Å². The second-order valence-electron chi connectivity index (χ2n) is 4.44. The van der Waals surface area contributed by atoms with Crippen LogP contribution in [0.1, 0.15) is 5.56 Å². The van der Waals surface area contributed by atoms with Crippen LogP contribution in [-0.4, -0.2) is 11.2 Å². The van der Waals surface area contributed by atoms with E-state index in [0.717, 1.165) is 31.4 Å². The van der Waals surface area contributed by atoms with Gasteiger partial charge in [-0.1, -0.05) is 57.9 Å². The van der Waals surface area contributed by atoms with E-state index in [-0.39, 0.29) is 0 Å². The van der Waals surface area contributed by atoms with E-state index in [1.165, 1.54) is 11.3 Å². The fourth-order valence-corrected chi connectivity index (χ4v) is 3.00. The van der Waals surface area contributed by atoms with E-state index in [4.69, 9.17) is 11.6 Å². The molecule has 0 aliphatic heterocycles. The highest BCUT2D eigenvalue weighted by Crippen LogP contribution is 2.26. The minimum Gasteiger partial charge on any atom is -0.253 e. The molecule has 3 nitrogen and oxygen atoms in total. The van der Waals surface area contributed by atoms with Crippen LogP contribution < -0.4 is 5.43 Å². The van der Waals surface area contributed by atoms with Gasteiger partial charge in [0.2, 0.25) is 5.13 Å². The highest BCUT2D eigenvalue weighted by atomic mass is 79.9. The molecule has 0 aliphatic rings. The summed E-state index contributed by atoms with van der Waals surface area (Å²) in [6.07, 6.45) is 1.76. The van der Waals surface area contributed by atoms with Crippen molar-refractivity contribution >= 4 is 50.2 Å². The Kier molecular flexibility index (Phi) is 4.87. The number of hydrogen-bond donors (Lipinski definition) is 1. The van der Waals surface area contributed by atoms with E-state index in [9.17, 15) is 0 Å². The highest BCUT2D eigenvalue weighted by Gasteiger charge is 2.03. The lowest BCUT2D eigenvalue weighted by Gasteiger charge is -1.97. The number of nitrogens with zero attached hydrogens (tertiary/aromatic N) is 2. The van der Waals surface area contributed by atoms with Crippen LogP contribution in [0.2, 0.25) is 5.02 Å². The Bertz CT molecular complexity index is 799. The predicted molar refractivity (Wildman–Crippen MR) is 97.9 cm³/mol. The molecular formula is C16H11BrClN3S. The average Bonchev–Trinajstić information content (AvgIpc) is 2.99. The van der Waals surface area contributed by atoms with Crippen molar-refractivity contribution < 1.29 is 0 Å². The van der Waals surface area contributed by atoms with E-state index >= 15 is 0 Å². The topological polar surface area (TPSA) is 37.3 Å². The van der Waals surface area contributed by atoms with Crippen LogP contribution in [0.5, 0.6) is 0 Å². The molecule has 0 radical (unpaired) electrons. The molecule has 0 saturated heterocycles. The van der Waals surface area contributed by atoms with Crippen molar-refractivity contribution in [3.8, 4) is 11.3 Å². The van der Waals surface area contributed by atoms with Crippen LogP contribution in [-0.2, 0) is 0 Å². The minimum atomic E-state index is 0.718. The zero-order valence-corrected chi connectivity index (χ0v) is 14.5. The number of hydrogen-bond acceptors (Lipinski definition) is 4. The van der Waals surface area contributed by atoms with Crippen molar-refractivity contribution in [1.29, 1.82) is 0 Å². The van der Waals surface area contributed by atoms with Gasteiger partial charge in [-0.2, -0.15) is 5.10 Å². The first-order chi connectivity index (χ1) is 10.7. The summed E-state index contributed by atoms with van der Waals surface area (Å²) in [6.45, 7) is 0. The monoisotopic (exact) mass is 391 g/mol. The van der Waals surface area contributed by atoms with Crippen LogP contribution in [0.3, 0.4) is 0 Å². The molecule has 22 heavy (non-hydrogen) atoms. The second-order valence-corrected chi connectivity index (χ2v) is 6.59. The number of aromatic nitrogens is 1. The van der Waals surface area contributed by atoms with Gasteiger partial charge in [0.05, 0.1) is 11.9 Å². The molecule has 0 atom stereocenters. The molecule has 0 aliphatic carbocycles. The lowest BCUT2D eigenvalue weighted by molar-refractivity contribution is 1.29. The van der Waals surface area contributed by atoms with Gasteiger partial charge in [-0.15, -0.1) is 11.3 Å². The van der Waals surface area contributed by atoms with Gasteiger partial charge in [-0.05, 0) is 18.2 Å². The quantitative estimate of drug-likeness (QED) is 0.458. The third-order valence-electron chi connectivity index (χ3n) is 2.91. The van der Waals surface area contributed by atoms with Crippen molar-refractivity contribution in [1.82, 2.24) is 4.98 Å². The Labute approximate surface area is 145 Å². The second kappa shape index (κ2) is 7.05. The van der Waals surface area contributed by atoms with Gasteiger partial charge < -0.3 is 0 Å². The number of anilines is 1. The fraction of sp³-hybridized carbons (Fsp3) is 0. The molecule has 3 aromatic rings. The molecule has 1 N–H and O–H groups in total. The van der Waals surface area contributed by atoms with Crippen molar-refractivity contribution in [3.05, 3.63) is 69.0 Å². The summed E-state index contributed by atoms with van der Waals surface area (Å²) in [5.74, 6) is 0. The highest BCUT2D eigenvalue weighted by molar-refractivity contribution is 9.10. The molecule has 0 amide bonds. The number of thiazole rings is 1. The zero-order chi connectivity index (χ0) is 15.4. The molecule has 0 bridgehead atoms. The van der Waals surface area contributed by atoms with E-state index in [1.54, 1.807) is 6.21 Å². The van der Waals surface area contributed by atoms with Crippen molar-refractivity contribution in [2.24, 2.45) is 5.10 Å². The van der Waals surface area contributed by atoms with Crippen LogP contribution in [0, 0.1) is 0 Å². The summed E-state index contributed by atoms with van der Waals surface area (Å²) in [5, 5.41) is 7.66. The summed E-state index contributed by atoms with van der Waals surface area (Å²) in [7, 11) is 0. The minimum absolute atomic E-state index is 0.718. The van der Waals surface area contributed by atoms with Gasteiger partial charge in [0.15, 0.2) is 0 Å². The average molecular weight is 393 g/mol. The van der Waals surface area contributed by atoms with Gasteiger partial charge >= 0.3 is 0 Å². The van der Waals surface area contributed by atoms with Crippen LogP contribution in [0.15, 0.2) is 63.5 Å². The maximum atomic E-state index is 5.89. The molecule has 1 heterocycles. The third kappa shape index (κ3) is 3.74. The van der Waals surface area contributed by atoms with E-state index in [2.05, 4.69) is 31.4 Å². The molecule has 2 aromatic carbocycles. The smallest absolute Gasteiger partial charge is 0.203 e.